The molecule has 0 spiro atoms. The number of ether oxygens (including phenoxy) is 2. The summed E-state index contributed by atoms with van der Waals surface area (Å²) in [6.07, 6.45) is 1.72. The van der Waals surface area contributed by atoms with Crippen molar-refractivity contribution in [2.45, 2.75) is 6.92 Å². The van der Waals surface area contributed by atoms with E-state index < -0.39 is 0 Å². The fraction of sp³-hybridized carbons (Fsp3) is 0.273. The molecule has 0 aromatic heterocycles. The van der Waals surface area contributed by atoms with Crippen LogP contribution in [0.15, 0.2) is 30.5 Å². The van der Waals surface area contributed by atoms with Gasteiger partial charge in [0, 0.05) is 0 Å². The smallest absolute Gasteiger partial charge is 0.118 e. The highest BCUT2D eigenvalue weighted by molar-refractivity contribution is 5.63. The molecule has 0 N–H and O–H groups in total. The summed E-state index contributed by atoms with van der Waals surface area (Å²) in [5.74, 6) is 0.869. The van der Waals surface area contributed by atoms with E-state index in [2.05, 4.69) is 0 Å². The van der Waals surface area contributed by atoms with E-state index in [1.54, 1.807) is 20.5 Å². The van der Waals surface area contributed by atoms with Gasteiger partial charge in [-0.05, 0) is 30.2 Å². The molecule has 0 saturated carbocycles. The first-order valence-electron chi connectivity index (χ1n) is 4.12. The average molecular weight is 178 g/mol. The second kappa shape index (κ2) is 4.55. The summed E-state index contributed by atoms with van der Waals surface area (Å²) in [4.78, 5) is 0. The van der Waals surface area contributed by atoms with Crippen molar-refractivity contribution >= 4 is 5.57 Å². The zero-order valence-electron chi connectivity index (χ0n) is 8.20. The second-order valence-corrected chi connectivity index (χ2v) is 2.77. The van der Waals surface area contributed by atoms with Crippen molar-refractivity contribution in [2.24, 2.45) is 0 Å². The molecule has 0 atom stereocenters. The second-order valence-electron chi connectivity index (χ2n) is 2.77. The van der Waals surface area contributed by atoms with E-state index >= 15 is 0 Å². The van der Waals surface area contributed by atoms with Gasteiger partial charge in [-0.2, -0.15) is 0 Å². The number of allylic oxidation sites excluding steroid dienone is 1. The monoisotopic (exact) mass is 178 g/mol. The van der Waals surface area contributed by atoms with Gasteiger partial charge in [0.1, 0.15) is 5.75 Å². The third-order valence-corrected chi connectivity index (χ3v) is 1.84. The Labute approximate surface area is 78.8 Å². The molecule has 1 rings (SSSR count). The highest BCUT2D eigenvalue weighted by Gasteiger charge is 1.95. The van der Waals surface area contributed by atoms with Crippen molar-refractivity contribution in [3.8, 4) is 5.75 Å². The maximum absolute atomic E-state index is 5.06. The Morgan fingerprint density at radius 2 is 1.77 bits per heavy atom. The van der Waals surface area contributed by atoms with Crippen molar-refractivity contribution in [3.63, 3.8) is 0 Å². The average Bonchev–Trinajstić information content (AvgIpc) is 2.18. The van der Waals surface area contributed by atoms with Crippen molar-refractivity contribution in [3.05, 3.63) is 36.1 Å². The van der Waals surface area contributed by atoms with Crippen LogP contribution in [0.25, 0.3) is 5.57 Å². The summed E-state index contributed by atoms with van der Waals surface area (Å²) in [5, 5.41) is 0. The minimum absolute atomic E-state index is 0.869. The SMILES string of the molecule is COC=C(C)c1ccc(OC)cc1. The molecule has 0 heterocycles. The van der Waals surface area contributed by atoms with Gasteiger partial charge < -0.3 is 9.47 Å². The molecule has 0 fully saturated rings. The standard InChI is InChI=1S/C11H14O2/c1-9(8-12-2)10-4-6-11(13-3)7-5-10/h4-8H,1-3H3. The lowest BCUT2D eigenvalue weighted by molar-refractivity contribution is 0.339. The summed E-state index contributed by atoms with van der Waals surface area (Å²) in [5.41, 5.74) is 2.24. The maximum atomic E-state index is 5.06. The molecule has 1 aromatic carbocycles. The third kappa shape index (κ3) is 2.51. The zero-order chi connectivity index (χ0) is 9.68. The molecule has 2 nitrogen and oxygen atoms in total. The minimum Gasteiger partial charge on any atom is -0.504 e. The van der Waals surface area contributed by atoms with Crippen molar-refractivity contribution < 1.29 is 9.47 Å². The molecule has 0 aliphatic carbocycles. The lowest BCUT2D eigenvalue weighted by Crippen LogP contribution is -1.84. The predicted octanol–water partition coefficient (Wildman–Crippen LogP) is 2.70. The van der Waals surface area contributed by atoms with Crippen LogP contribution in [-0.2, 0) is 4.74 Å². The molecule has 0 aliphatic heterocycles. The molecular weight excluding hydrogens is 164 g/mol. The van der Waals surface area contributed by atoms with Crippen molar-refractivity contribution in [2.75, 3.05) is 14.2 Å². The van der Waals surface area contributed by atoms with Gasteiger partial charge in [0.2, 0.25) is 0 Å². The first-order chi connectivity index (χ1) is 6.27. The van der Waals surface area contributed by atoms with E-state index in [0.29, 0.717) is 0 Å². The largest absolute Gasteiger partial charge is 0.504 e. The first-order valence-corrected chi connectivity index (χ1v) is 4.12. The molecule has 0 aliphatic rings. The molecule has 13 heavy (non-hydrogen) atoms. The number of hydrogen-bond acceptors (Lipinski definition) is 2. The molecule has 70 valence electrons. The van der Waals surface area contributed by atoms with Gasteiger partial charge in [-0.15, -0.1) is 0 Å². The molecule has 0 radical (unpaired) electrons. The van der Waals surface area contributed by atoms with E-state index in [9.17, 15) is 0 Å². The summed E-state index contributed by atoms with van der Waals surface area (Å²) in [6.45, 7) is 2.01. The Morgan fingerprint density at radius 3 is 2.23 bits per heavy atom. The lowest BCUT2D eigenvalue weighted by atomic mass is 10.1. The van der Waals surface area contributed by atoms with Gasteiger partial charge in [-0.3, -0.25) is 0 Å². The summed E-state index contributed by atoms with van der Waals surface area (Å²) >= 11 is 0. The van der Waals surface area contributed by atoms with Gasteiger partial charge in [0.15, 0.2) is 0 Å². The summed E-state index contributed by atoms with van der Waals surface area (Å²) in [6, 6.07) is 7.87. The highest BCUT2D eigenvalue weighted by atomic mass is 16.5. The Kier molecular flexibility index (Phi) is 3.38. The van der Waals surface area contributed by atoms with E-state index in [4.69, 9.17) is 9.47 Å². The van der Waals surface area contributed by atoms with Crippen molar-refractivity contribution in [1.29, 1.82) is 0 Å². The lowest BCUT2D eigenvalue weighted by Gasteiger charge is -2.03. The molecule has 1 aromatic rings. The molecule has 0 unspecified atom stereocenters. The van der Waals surface area contributed by atoms with Gasteiger partial charge >= 0.3 is 0 Å². The fourth-order valence-electron chi connectivity index (χ4n) is 1.10. The Morgan fingerprint density at radius 1 is 1.15 bits per heavy atom. The number of rotatable bonds is 3. The van der Waals surface area contributed by atoms with Gasteiger partial charge in [-0.1, -0.05) is 12.1 Å². The van der Waals surface area contributed by atoms with Crippen LogP contribution < -0.4 is 4.74 Å². The van der Waals surface area contributed by atoms with Crippen LogP contribution in [0.1, 0.15) is 12.5 Å². The Balaban J connectivity index is 2.85. The van der Waals surface area contributed by atoms with E-state index in [0.717, 1.165) is 16.9 Å². The summed E-state index contributed by atoms with van der Waals surface area (Å²) < 4.78 is 9.98. The normalized spacial score (nSPS) is 11.2. The van der Waals surface area contributed by atoms with Gasteiger partial charge in [0.25, 0.3) is 0 Å². The highest BCUT2D eigenvalue weighted by Crippen LogP contribution is 2.17. The molecule has 0 saturated heterocycles. The van der Waals surface area contributed by atoms with E-state index in [1.165, 1.54) is 0 Å². The fourth-order valence-corrected chi connectivity index (χ4v) is 1.10. The molecule has 0 amide bonds. The van der Waals surface area contributed by atoms with Crippen LogP contribution in [0.3, 0.4) is 0 Å². The van der Waals surface area contributed by atoms with E-state index in [-0.39, 0.29) is 0 Å². The number of benzene rings is 1. The summed E-state index contributed by atoms with van der Waals surface area (Å²) in [7, 11) is 3.31. The quantitative estimate of drug-likeness (QED) is 0.662. The molecule has 2 heteroatoms. The van der Waals surface area contributed by atoms with Crippen LogP contribution in [0.2, 0.25) is 0 Å². The zero-order valence-corrected chi connectivity index (χ0v) is 8.20. The van der Waals surface area contributed by atoms with Crippen LogP contribution in [0, 0.1) is 0 Å². The molecule has 0 bridgehead atoms. The third-order valence-electron chi connectivity index (χ3n) is 1.84. The van der Waals surface area contributed by atoms with Crippen LogP contribution in [0.5, 0.6) is 5.75 Å². The van der Waals surface area contributed by atoms with Crippen LogP contribution >= 0.6 is 0 Å². The van der Waals surface area contributed by atoms with E-state index in [1.807, 2.05) is 31.2 Å². The first kappa shape index (κ1) is 9.65. The van der Waals surface area contributed by atoms with Crippen LogP contribution in [-0.4, -0.2) is 14.2 Å². The minimum atomic E-state index is 0.869. The predicted molar refractivity (Wildman–Crippen MR) is 53.7 cm³/mol. The van der Waals surface area contributed by atoms with Gasteiger partial charge in [0.05, 0.1) is 20.5 Å². The van der Waals surface area contributed by atoms with Gasteiger partial charge in [-0.25, -0.2) is 0 Å². The number of methoxy groups -OCH3 is 2. The van der Waals surface area contributed by atoms with Crippen LogP contribution in [0.4, 0.5) is 0 Å². The number of hydrogen-bond donors (Lipinski definition) is 0. The Hall–Kier alpha value is -1.44. The maximum Gasteiger partial charge on any atom is 0.118 e. The van der Waals surface area contributed by atoms with Crippen molar-refractivity contribution in [1.82, 2.24) is 0 Å². The Bertz CT molecular complexity index is 285. The topological polar surface area (TPSA) is 18.5 Å². The molecular formula is C11H14O2.